The van der Waals surface area contributed by atoms with Crippen LogP contribution in [-0.2, 0) is 0 Å². The fraction of sp³-hybridized carbons (Fsp3) is 0.417. The van der Waals surface area contributed by atoms with Gasteiger partial charge in [0.1, 0.15) is 5.00 Å². The summed E-state index contributed by atoms with van der Waals surface area (Å²) in [7, 11) is 0. The van der Waals surface area contributed by atoms with Crippen molar-refractivity contribution in [3.8, 4) is 0 Å². The average molecular weight is 255 g/mol. The summed E-state index contributed by atoms with van der Waals surface area (Å²) in [5.41, 5.74) is 1.07. The van der Waals surface area contributed by atoms with Crippen molar-refractivity contribution in [2.45, 2.75) is 25.1 Å². The van der Waals surface area contributed by atoms with Gasteiger partial charge in [-0.2, -0.15) is 4.37 Å². The fourth-order valence-corrected chi connectivity index (χ4v) is 2.54. The summed E-state index contributed by atoms with van der Waals surface area (Å²) in [5.74, 6) is 0. The van der Waals surface area contributed by atoms with Crippen molar-refractivity contribution in [2.75, 3.05) is 11.9 Å². The van der Waals surface area contributed by atoms with Gasteiger partial charge in [0.05, 0.1) is 5.52 Å². The van der Waals surface area contributed by atoms with Gasteiger partial charge in [-0.05, 0) is 43.4 Å². The normalized spacial score (nSPS) is 12.9. The molecule has 0 bridgehead atoms. The second-order valence-corrected chi connectivity index (χ2v) is 5.40. The minimum Gasteiger partial charge on any atom is -0.375 e. The molecule has 4 heteroatoms. The highest BCUT2D eigenvalue weighted by atomic mass is 35.5. The molecule has 1 heterocycles. The molecule has 0 amide bonds. The number of halogens is 1. The Hall–Kier alpha value is -0.800. The summed E-state index contributed by atoms with van der Waals surface area (Å²) in [6, 6.07) is 8.20. The van der Waals surface area contributed by atoms with Crippen molar-refractivity contribution in [2.24, 2.45) is 0 Å². The Morgan fingerprint density at radius 1 is 1.44 bits per heavy atom. The number of anilines is 1. The van der Waals surface area contributed by atoms with Crippen molar-refractivity contribution in [1.82, 2.24) is 4.37 Å². The maximum absolute atomic E-state index is 5.90. The Labute approximate surface area is 105 Å². The molecule has 0 aliphatic heterocycles. The van der Waals surface area contributed by atoms with E-state index in [0.29, 0.717) is 0 Å². The molecule has 0 saturated heterocycles. The molecule has 0 radical (unpaired) electrons. The number of alkyl halides is 1. The van der Waals surface area contributed by atoms with Gasteiger partial charge >= 0.3 is 0 Å². The Bertz CT molecular complexity index is 453. The van der Waals surface area contributed by atoms with E-state index in [4.69, 9.17) is 11.6 Å². The third kappa shape index (κ3) is 2.86. The minimum absolute atomic E-state index is 0.264. The van der Waals surface area contributed by atoms with Gasteiger partial charge in [-0.25, -0.2) is 0 Å². The summed E-state index contributed by atoms with van der Waals surface area (Å²) < 4.78 is 4.39. The van der Waals surface area contributed by atoms with E-state index in [1.807, 2.05) is 25.1 Å². The molecule has 1 N–H and O–H groups in total. The lowest BCUT2D eigenvalue weighted by Gasteiger charge is -2.04. The first-order valence-electron chi connectivity index (χ1n) is 5.50. The Balaban J connectivity index is 1.94. The Morgan fingerprint density at radius 2 is 2.25 bits per heavy atom. The zero-order valence-electron chi connectivity index (χ0n) is 9.24. The quantitative estimate of drug-likeness (QED) is 0.641. The molecule has 2 aromatic rings. The van der Waals surface area contributed by atoms with Crippen molar-refractivity contribution in [3.63, 3.8) is 0 Å². The highest BCUT2D eigenvalue weighted by Gasteiger charge is 2.04. The largest absolute Gasteiger partial charge is 0.375 e. The van der Waals surface area contributed by atoms with Crippen LogP contribution in [0.4, 0.5) is 5.00 Å². The van der Waals surface area contributed by atoms with Crippen LogP contribution in [0.2, 0.25) is 0 Å². The van der Waals surface area contributed by atoms with E-state index in [1.54, 1.807) is 0 Å². The van der Waals surface area contributed by atoms with Gasteiger partial charge < -0.3 is 5.32 Å². The fourth-order valence-electron chi connectivity index (χ4n) is 1.60. The number of rotatable bonds is 5. The maximum Gasteiger partial charge on any atom is 0.117 e. The van der Waals surface area contributed by atoms with Crippen LogP contribution in [0, 0.1) is 0 Å². The van der Waals surface area contributed by atoms with Crippen LogP contribution >= 0.6 is 23.1 Å². The summed E-state index contributed by atoms with van der Waals surface area (Å²) in [6.07, 6.45) is 2.14. The lowest BCUT2D eigenvalue weighted by Crippen LogP contribution is -2.02. The second-order valence-electron chi connectivity index (χ2n) is 3.88. The smallest absolute Gasteiger partial charge is 0.117 e. The van der Waals surface area contributed by atoms with Crippen LogP contribution < -0.4 is 5.32 Å². The van der Waals surface area contributed by atoms with E-state index in [1.165, 1.54) is 16.9 Å². The van der Waals surface area contributed by atoms with Crippen LogP contribution in [0.5, 0.6) is 0 Å². The van der Waals surface area contributed by atoms with Gasteiger partial charge in [0, 0.05) is 17.3 Å². The SMILES string of the molecule is CC(Cl)CCCNc1snc2ccccc12. The number of hydrogen-bond donors (Lipinski definition) is 1. The molecule has 2 nitrogen and oxygen atoms in total. The molecule has 1 aromatic heterocycles. The monoisotopic (exact) mass is 254 g/mol. The zero-order valence-corrected chi connectivity index (χ0v) is 10.8. The first kappa shape index (κ1) is 11.7. The van der Waals surface area contributed by atoms with Gasteiger partial charge in [-0.15, -0.1) is 11.6 Å². The van der Waals surface area contributed by atoms with Crippen molar-refractivity contribution in [3.05, 3.63) is 24.3 Å². The van der Waals surface area contributed by atoms with Gasteiger partial charge in [0.25, 0.3) is 0 Å². The van der Waals surface area contributed by atoms with Crippen molar-refractivity contribution in [1.29, 1.82) is 0 Å². The highest BCUT2D eigenvalue weighted by molar-refractivity contribution is 7.11. The predicted octanol–water partition coefficient (Wildman–Crippen LogP) is 4.12. The van der Waals surface area contributed by atoms with E-state index in [-0.39, 0.29) is 5.38 Å². The molecule has 1 unspecified atom stereocenters. The van der Waals surface area contributed by atoms with E-state index in [2.05, 4.69) is 15.8 Å². The maximum atomic E-state index is 5.90. The summed E-state index contributed by atoms with van der Waals surface area (Å²) >= 11 is 7.42. The van der Waals surface area contributed by atoms with Crippen LogP contribution in [-0.4, -0.2) is 16.3 Å². The van der Waals surface area contributed by atoms with E-state index >= 15 is 0 Å². The van der Waals surface area contributed by atoms with Crippen LogP contribution in [0.3, 0.4) is 0 Å². The lowest BCUT2D eigenvalue weighted by molar-refractivity contribution is 0.751. The molecule has 86 valence electrons. The summed E-state index contributed by atoms with van der Waals surface area (Å²) in [6.45, 7) is 2.99. The van der Waals surface area contributed by atoms with Crippen molar-refractivity contribution >= 4 is 39.0 Å². The predicted molar refractivity (Wildman–Crippen MR) is 72.7 cm³/mol. The van der Waals surface area contributed by atoms with E-state index in [9.17, 15) is 0 Å². The Morgan fingerprint density at radius 3 is 3.06 bits per heavy atom. The zero-order chi connectivity index (χ0) is 11.4. The third-order valence-electron chi connectivity index (χ3n) is 2.45. The molecule has 1 aromatic carbocycles. The summed E-state index contributed by atoms with van der Waals surface area (Å²) in [4.78, 5) is 0. The molecule has 16 heavy (non-hydrogen) atoms. The minimum atomic E-state index is 0.264. The molecule has 0 spiro atoms. The molecular formula is C12H15ClN2S. The van der Waals surface area contributed by atoms with Crippen molar-refractivity contribution < 1.29 is 0 Å². The van der Waals surface area contributed by atoms with Gasteiger partial charge in [0.2, 0.25) is 0 Å². The molecule has 0 fully saturated rings. The van der Waals surface area contributed by atoms with Crippen LogP contribution in [0.1, 0.15) is 19.8 Å². The summed E-state index contributed by atoms with van der Waals surface area (Å²) in [5, 5.41) is 6.06. The standard InChI is InChI=1S/C12H15ClN2S/c1-9(13)5-4-8-14-12-10-6-2-3-7-11(10)15-16-12/h2-3,6-7,9,14H,4-5,8H2,1H3. The molecule has 1 atom stereocenters. The highest BCUT2D eigenvalue weighted by Crippen LogP contribution is 2.27. The first-order chi connectivity index (χ1) is 7.77. The van der Waals surface area contributed by atoms with Gasteiger partial charge in [-0.3, -0.25) is 0 Å². The lowest BCUT2D eigenvalue weighted by atomic mass is 10.2. The number of benzene rings is 1. The van der Waals surface area contributed by atoms with E-state index < -0.39 is 0 Å². The van der Waals surface area contributed by atoms with Crippen LogP contribution in [0.15, 0.2) is 24.3 Å². The first-order valence-corrected chi connectivity index (χ1v) is 6.70. The van der Waals surface area contributed by atoms with Gasteiger partial charge in [-0.1, -0.05) is 12.1 Å². The second kappa shape index (κ2) is 5.51. The Kier molecular flexibility index (Phi) is 4.02. The average Bonchev–Trinajstić information content (AvgIpc) is 2.68. The van der Waals surface area contributed by atoms with E-state index in [0.717, 1.165) is 29.9 Å². The molecule has 2 rings (SSSR count). The molecule has 0 aliphatic rings. The molecule has 0 aliphatic carbocycles. The van der Waals surface area contributed by atoms with Crippen LogP contribution in [0.25, 0.3) is 10.9 Å². The molecule has 0 saturated carbocycles. The number of nitrogens with one attached hydrogen (secondary N) is 1. The number of nitrogens with zero attached hydrogens (tertiary/aromatic N) is 1. The third-order valence-corrected chi connectivity index (χ3v) is 3.50. The topological polar surface area (TPSA) is 24.9 Å². The molecular weight excluding hydrogens is 240 g/mol. The van der Waals surface area contributed by atoms with Gasteiger partial charge in [0.15, 0.2) is 0 Å². The number of aromatic nitrogens is 1. The number of fused-ring (bicyclic) bond motifs is 1. The number of hydrogen-bond acceptors (Lipinski definition) is 3.